The minimum atomic E-state index is -2.76. The van der Waals surface area contributed by atoms with Crippen molar-refractivity contribution >= 4 is 0 Å². The molecule has 100 valence electrons. The third-order valence-electron chi connectivity index (χ3n) is 3.01. The molecule has 1 fully saturated rings. The molecule has 1 aliphatic heterocycles. The number of benzene rings is 1. The lowest BCUT2D eigenvalue weighted by molar-refractivity contribution is -0.0498. The molecule has 1 aromatic rings. The van der Waals surface area contributed by atoms with Crippen molar-refractivity contribution in [2.45, 2.75) is 26.1 Å². The summed E-state index contributed by atoms with van der Waals surface area (Å²) >= 11 is 0. The van der Waals surface area contributed by atoms with Crippen molar-refractivity contribution in [1.29, 1.82) is 0 Å². The molecule has 1 N–H and O–H groups in total. The molecule has 0 radical (unpaired) electrons. The molecule has 0 unspecified atom stereocenters. The number of nitrogens with zero attached hydrogens (tertiary/aromatic N) is 1. The van der Waals surface area contributed by atoms with E-state index in [-0.39, 0.29) is 5.75 Å². The first-order valence-corrected chi connectivity index (χ1v) is 6.13. The third kappa shape index (κ3) is 3.92. The normalized spacial score (nSPS) is 21.2. The Balaban J connectivity index is 1.89. The maximum atomic E-state index is 12.0. The Morgan fingerprint density at radius 3 is 2.72 bits per heavy atom. The van der Waals surface area contributed by atoms with Crippen LogP contribution < -0.4 is 10.1 Å². The molecule has 3 nitrogen and oxygen atoms in total. The molecule has 1 saturated heterocycles. The maximum Gasteiger partial charge on any atom is 0.387 e. The van der Waals surface area contributed by atoms with Gasteiger partial charge in [-0.1, -0.05) is 12.1 Å². The van der Waals surface area contributed by atoms with Crippen molar-refractivity contribution in [2.75, 3.05) is 19.6 Å². The van der Waals surface area contributed by atoms with Crippen LogP contribution in [0.15, 0.2) is 24.3 Å². The van der Waals surface area contributed by atoms with Crippen LogP contribution in [0, 0.1) is 0 Å². The number of hydrogen-bond donors (Lipinski definition) is 1. The molecule has 1 heterocycles. The van der Waals surface area contributed by atoms with Crippen molar-refractivity contribution in [1.82, 2.24) is 10.2 Å². The number of halogens is 2. The maximum absolute atomic E-state index is 12.0. The standard InChI is InChI=1S/C13H18F2N2O/c1-10-8-17(7-6-16-10)9-11-2-4-12(5-3-11)18-13(14)15/h2-5,10,13,16H,6-9H2,1H3/t10-/m0/s1. The highest BCUT2D eigenvalue weighted by Gasteiger charge is 2.15. The summed E-state index contributed by atoms with van der Waals surface area (Å²) in [5.74, 6) is 0.211. The van der Waals surface area contributed by atoms with E-state index in [1.165, 1.54) is 0 Å². The minimum Gasteiger partial charge on any atom is -0.435 e. The van der Waals surface area contributed by atoms with Gasteiger partial charge in [-0.2, -0.15) is 8.78 Å². The molecule has 5 heteroatoms. The predicted molar refractivity (Wildman–Crippen MR) is 65.8 cm³/mol. The Hall–Kier alpha value is -1.20. The van der Waals surface area contributed by atoms with E-state index in [9.17, 15) is 8.78 Å². The summed E-state index contributed by atoms with van der Waals surface area (Å²) in [5.41, 5.74) is 1.12. The topological polar surface area (TPSA) is 24.5 Å². The van der Waals surface area contributed by atoms with Gasteiger partial charge in [0.05, 0.1) is 0 Å². The van der Waals surface area contributed by atoms with Gasteiger partial charge >= 0.3 is 6.61 Å². The Bertz CT molecular complexity index is 370. The zero-order valence-electron chi connectivity index (χ0n) is 10.4. The van der Waals surface area contributed by atoms with Crippen molar-refractivity contribution in [3.8, 4) is 5.75 Å². The highest BCUT2D eigenvalue weighted by atomic mass is 19.3. The van der Waals surface area contributed by atoms with Gasteiger partial charge in [0.25, 0.3) is 0 Å². The summed E-state index contributed by atoms with van der Waals surface area (Å²) in [6.45, 7) is 3.26. The molecule has 0 saturated carbocycles. The molecule has 1 atom stereocenters. The summed E-state index contributed by atoms with van der Waals surface area (Å²) in [4.78, 5) is 2.35. The van der Waals surface area contributed by atoms with Crippen LogP contribution in [0.1, 0.15) is 12.5 Å². The minimum absolute atomic E-state index is 0.211. The van der Waals surface area contributed by atoms with Gasteiger partial charge < -0.3 is 10.1 Å². The third-order valence-corrected chi connectivity index (χ3v) is 3.01. The van der Waals surface area contributed by atoms with E-state index in [0.29, 0.717) is 6.04 Å². The first-order chi connectivity index (χ1) is 8.63. The second-order valence-corrected chi connectivity index (χ2v) is 4.61. The fourth-order valence-electron chi connectivity index (χ4n) is 2.19. The molecule has 2 rings (SSSR count). The highest BCUT2D eigenvalue weighted by Crippen LogP contribution is 2.16. The van der Waals surface area contributed by atoms with Crippen LogP contribution in [0.3, 0.4) is 0 Å². The molecule has 0 aliphatic carbocycles. The van der Waals surface area contributed by atoms with Gasteiger partial charge in [-0.25, -0.2) is 0 Å². The smallest absolute Gasteiger partial charge is 0.387 e. The lowest BCUT2D eigenvalue weighted by Gasteiger charge is -2.31. The van der Waals surface area contributed by atoms with E-state index in [0.717, 1.165) is 31.7 Å². The van der Waals surface area contributed by atoms with Crippen LogP contribution in [0.4, 0.5) is 8.78 Å². The molecule has 0 spiro atoms. The number of nitrogens with one attached hydrogen (secondary N) is 1. The van der Waals surface area contributed by atoms with Gasteiger partial charge in [0.1, 0.15) is 5.75 Å². The quantitative estimate of drug-likeness (QED) is 0.892. The number of hydrogen-bond acceptors (Lipinski definition) is 3. The Morgan fingerprint density at radius 2 is 2.11 bits per heavy atom. The van der Waals surface area contributed by atoms with Gasteiger partial charge in [-0.3, -0.25) is 4.90 Å². The Labute approximate surface area is 106 Å². The van der Waals surface area contributed by atoms with Gasteiger partial charge in [-0.15, -0.1) is 0 Å². The number of rotatable bonds is 4. The monoisotopic (exact) mass is 256 g/mol. The predicted octanol–water partition coefficient (Wildman–Crippen LogP) is 2.08. The summed E-state index contributed by atoms with van der Waals surface area (Å²) in [6, 6.07) is 7.36. The van der Waals surface area contributed by atoms with Crippen molar-refractivity contribution in [3.05, 3.63) is 29.8 Å². The largest absolute Gasteiger partial charge is 0.435 e. The van der Waals surface area contributed by atoms with E-state index in [2.05, 4.69) is 21.9 Å². The average Bonchev–Trinajstić information content (AvgIpc) is 2.31. The molecule has 1 aliphatic rings. The van der Waals surface area contributed by atoms with Crippen LogP contribution in [0.5, 0.6) is 5.75 Å². The van der Waals surface area contributed by atoms with Gasteiger partial charge in [-0.05, 0) is 24.6 Å². The van der Waals surface area contributed by atoms with Gasteiger partial charge in [0, 0.05) is 32.2 Å². The molecule has 0 aromatic heterocycles. The van der Waals surface area contributed by atoms with Crippen molar-refractivity contribution in [2.24, 2.45) is 0 Å². The fraction of sp³-hybridized carbons (Fsp3) is 0.538. The van der Waals surface area contributed by atoms with Gasteiger partial charge in [0.2, 0.25) is 0 Å². The molecule has 0 amide bonds. The van der Waals surface area contributed by atoms with Gasteiger partial charge in [0.15, 0.2) is 0 Å². The second-order valence-electron chi connectivity index (χ2n) is 4.61. The highest BCUT2D eigenvalue weighted by molar-refractivity contribution is 5.27. The Morgan fingerprint density at radius 1 is 1.39 bits per heavy atom. The number of alkyl halides is 2. The van der Waals surface area contributed by atoms with Crippen molar-refractivity contribution < 1.29 is 13.5 Å². The van der Waals surface area contributed by atoms with Crippen LogP contribution >= 0.6 is 0 Å². The summed E-state index contributed by atoms with van der Waals surface area (Å²) in [6.07, 6.45) is 0. The van der Waals surface area contributed by atoms with E-state index in [4.69, 9.17) is 0 Å². The van der Waals surface area contributed by atoms with E-state index < -0.39 is 6.61 Å². The molecular weight excluding hydrogens is 238 g/mol. The number of ether oxygens (including phenoxy) is 1. The molecule has 1 aromatic carbocycles. The average molecular weight is 256 g/mol. The van der Waals surface area contributed by atoms with Crippen LogP contribution in [0.2, 0.25) is 0 Å². The van der Waals surface area contributed by atoms with E-state index in [1.54, 1.807) is 12.1 Å². The molecular formula is C13H18F2N2O. The van der Waals surface area contributed by atoms with E-state index >= 15 is 0 Å². The fourth-order valence-corrected chi connectivity index (χ4v) is 2.19. The molecule has 0 bridgehead atoms. The van der Waals surface area contributed by atoms with Crippen molar-refractivity contribution in [3.63, 3.8) is 0 Å². The zero-order valence-corrected chi connectivity index (χ0v) is 10.4. The number of piperazine rings is 1. The SMILES string of the molecule is C[C@H]1CN(Cc2ccc(OC(F)F)cc2)CCN1. The summed E-state index contributed by atoms with van der Waals surface area (Å²) in [7, 11) is 0. The van der Waals surface area contributed by atoms with Crippen LogP contribution in [0.25, 0.3) is 0 Å². The lowest BCUT2D eigenvalue weighted by Crippen LogP contribution is -2.48. The molecule has 18 heavy (non-hydrogen) atoms. The summed E-state index contributed by atoms with van der Waals surface area (Å²) in [5, 5.41) is 3.38. The van der Waals surface area contributed by atoms with Crippen LogP contribution in [-0.2, 0) is 6.54 Å². The van der Waals surface area contributed by atoms with E-state index in [1.807, 2.05) is 12.1 Å². The lowest BCUT2D eigenvalue weighted by atomic mass is 10.1. The first-order valence-electron chi connectivity index (χ1n) is 6.13. The summed E-state index contributed by atoms with van der Waals surface area (Å²) < 4.78 is 28.3. The van der Waals surface area contributed by atoms with Crippen LogP contribution in [-0.4, -0.2) is 37.2 Å². The first kappa shape index (κ1) is 13.2. The zero-order chi connectivity index (χ0) is 13.0. The second kappa shape index (κ2) is 6.11. The Kier molecular flexibility index (Phi) is 4.49.